The Bertz CT molecular complexity index is 1950. The molecule has 0 N–H and O–H groups in total. The first-order valence-corrected chi connectivity index (χ1v) is 15.9. The van der Waals surface area contributed by atoms with E-state index in [1.54, 1.807) is 57.4 Å². The van der Waals surface area contributed by atoms with Gasteiger partial charge in [0.2, 0.25) is 0 Å². The molecular weight excluding hydrogens is 663 g/mol. The number of hydrogen-bond donors (Lipinski definition) is 0. The van der Waals surface area contributed by atoms with Gasteiger partial charge in [-0.1, -0.05) is 35.6 Å². The van der Waals surface area contributed by atoms with E-state index in [-0.39, 0.29) is 36.3 Å². The number of thiazole rings is 1. The van der Waals surface area contributed by atoms with Crippen molar-refractivity contribution in [1.29, 1.82) is 0 Å². The summed E-state index contributed by atoms with van der Waals surface area (Å²) >= 11 is 4.79. The van der Waals surface area contributed by atoms with Crippen LogP contribution in [-0.2, 0) is 16.1 Å². The average Bonchev–Trinajstić information content (AvgIpc) is 3.30. The summed E-state index contributed by atoms with van der Waals surface area (Å²) in [5, 5.41) is 0. The monoisotopic (exact) mass is 694 g/mol. The zero-order valence-electron chi connectivity index (χ0n) is 25.4. The van der Waals surface area contributed by atoms with Crippen LogP contribution in [0, 0.1) is 5.82 Å². The predicted molar refractivity (Wildman–Crippen MR) is 174 cm³/mol. The Morgan fingerprint density at radius 3 is 2.49 bits per heavy atom. The molecule has 234 valence electrons. The average molecular weight is 696 g/mol. The van der Waals surface area contributed by atoms with Crippen molar-refractivity contribution in [3.8, 4) is 17.2 Å². The third-order valence-corrected chi connectivity index (χ3v) is 8.55. The molecular formula is C34H32BrFN2O6S. The number of methoxy groups -OCH3 is 1. The number of hydrogen-bond acceptors (Lipinski definition) is 8. The summed E-state index contributed by atoms with van der Waals surface area (Å²) in [5.74, 6) is 0.790. The highest BCUT2D eigenvalue weighted by Gasteiger charge is 2.34. The number of ether oxygens (including phenoxy) is 4. The summed E-state index contributed by atoms with van der Waals surface area (Å²) < 4.78 is 38.7. The van der Waals surface area contributed by atoms with E-state index < -0.39 is 12.0 Å². The second-order valence-electron chi connectivity index (χ2n) is 10.5. The number of rotatable bonds is 10. The molecule has 0 fully saturated rings. The minimum absolute atomic E-state index is 0.0740. The van der Waals surface area contributed by atoms with Crippen LogP contribution >= 0.6 is 27.3 Å². The molecule has 0 saturated carbocycles. The summed E-state index contributed by atoms with van der Waals surface area (Å²) in [6, 6.07) is 16.2. The van der Waals surface area contributed by atoms with Crippen molar-refractivity contribution in [3.63, 3.8) is 0 Å². The van der Waals surface area contributed by atoms with E-state index in [2.05, 4.69) is 20.9 Å². The lowest BCUT2D eigenvalue weighted by Gasteiger charge is -2.25. The molecule has 0 saturated heterocycles. The highest BCUT2D eigenvalue weighted by molar-refractivity contribution is 9.10. The highest BCUT2D eigenvalue weighted by atomic mass is 79.9. The van der Waals surface area contributed by atoms with Crippen LogP contribution < -0.4 is 29.1 Å². The standard InChI is InChI=1S/C34H32BrFN2O6S/c1-6-42-33(40)30-20(4)37-34-38(31(30)23-10-14-27(44-19(2)3)28(17-23)41-5)32(39)29(45-34)16-22-9-13-26(25(35)15-22)43-18-21-7-11-24(36)12-8-21/h7-17,19,31H,6,18H2,1-5H3/b29-16-/t31-/m0/s1. The van der Waals surface area contributed by atoms with Crippen molar-refractivity contribution in [2.45, 2.75) is 46.4 Å². The van der Waals surface area contributed by atoms with E-state index in [4.69, 9.17) is 18.9 Å². The third-order valence-electron chi connectivity index (χ3n) is 6.94. The molecule has 0 aliphatic carbocycles. The molecule has 5 rings (SSSR count). The van der Waals surface area contributed by atoms with E-state index in [1.165, 1.54) is 28.0 Å². The summed E-state index contributed by atoms with van der Waals surface area (Å²) in [6.07, 6.45) is 1.70. The number of fused-ring (bicyclic) bond motifs is 1. The maximum atomic E-state index is 14.0. The first-order valence-electron chi connectivity index (χ1n) is 14.3. The first kappa shape index (κ1) is 32.2. The Morgan fingerprint density at radius 2 is 1.82 bits per heavy atom. The topological polar surface area (TPSA) is 88.4 Å². The summed E-state index contributed by atoms with van der Waals surface area (Å²) in [7, 11) is 1.54. The Hall–Kier alpha value is -4.22. The first-order chi connectivity index (χ1) is 21.6. The molecule has 11 heteroatoms. The fourth-order valence-electron chi connectivity index (χ4n) is 4.93. The van der Waals surface area contributed by atoms with Crippen molar-refractivity contribution in [3.05, 3.63) is 119 Å². The Labute approximate surface area is 272 Å². The van der Waals surface area contributed by atoms with E-state index in [1.807, 2.05) is 32.0 Å². The van der Waals surface area contributed by atoms with Crippen LogP contribution in [0.5, 0.6) is 17.2 Å². The molecule has 0 bridgehead atoms. The van der Waals surface area contributed by atoms with E-state index in [0.717, 1.165) is 11.1 Å². The number of carbonyl (C=O) groups excluding carboxylic acids is 1. The number of nitrogens with zero attached hydrogens (tertiary/aromatic N) is 2. The quantitative estimate of drug-likeness (QED) is 0.187. The highest BCUT2D eigenvalue weighted by Crippen LogP contribution is 2.36. The second-order valence-corrected chi connectivity index (χ2v) is 12.3. The van der Waals surface area contributed by atoms with Crippen LogP contribution in [0.15, 0.2) is 86.2 Å². The van der Waals surface area contributed by atoms with Gasteiger partial charge < -0.3 is 18.9 Å². The summed E-state index contributed by atoms with van der Waals surface area (Å²) in [4.78, 5) is 32.4. The lowest BCUT2D eigenvalue weighted by atomic mass is 9.95. The SMILES string of the molecule is CCOC(=O)C1=C(C)N=c2s/c(=C\c3ccc(OCc4ccc(F)cc4)c(Br)c3)c(=O)n2[C@H]1c1ccc(OC(C)C)c(OC)c1. The van der Waals surface area contributed by atoms with Crippen LogP contribution in [-0.4, -0.2) is 30.4 Å². The number of esters is 1. The van der Waals surface area contributed by atoms with Crippen molar-refractivity contribution in [2.24, 2.45) is 4.99 Å². The van der Waals surface area contributed by atoms with E-state index in [9.17, 15) is 14.0 Å². The predicted octanol–water partition coefficient (Wildman–Crippen LogP) is 6.07. The number of halogens is 2. The number of carbonyl (C=O) groups is 1. The van der Waals surface area contributed by atoms with Gasteiger partial charge in [0.25, 0.3) is 5.56 Å². The van der Waals surface area contributed by atoms with E-state index in [0.29, 0.717) is 42.3 Å². The maximum Gasteiger partial charge on any atom is 0.338 e. The van der Waals surface area contributed by atoms with Crippen LogP contribution in [0.25, 0.3) is 6.08 Å². The summed E-state index contributed by atoms with van der Waals surface area (Å²) in [6.45, 7) is 7.76. The van der Waals surface area contributed by atoms with Crippen LogP contribution in [0.1, 0.15) is 50.4 Å². The Kier molecular flexibility index (Phi) is 9.89. The molecule has 3 aromatic carbocycles. The normalized spacial score (nSPS) is 14.7. The molecule has 8 nitrogen and oxygen atoms in total. The van der Waals surface area contributed by atoms with Crippen molar-refractivity contribution >= 4 is 39.3 Å². The van der Waals surface area contributed by atoms with Crippen LogP contribution in [0.3, 0.4) is 0 Å². The molecule has 2 heterocycles. The van der Waals surface area contributed by atoms with Gasteiger partial charge in [-0.05, 0) is 103 Å². The van der Waals surface area contributed by atoms with Gasteiger partial charge >= 0.3 is 5.97 Å². The fourth-order valence-corrected chi connectivity index (χ4v) is 6.49. The number of allylic oxidation sites excluding steroid dienone is 1. The van der Waals surface area contributed by atoms with Crippen LogP contribution in [0.2, 0.25) is 0 Å². The zero-order chi connectivity index (χ0) is 32.2. The Balaban J connectivity index is 1.54. The van der Waals surface area contributed by atoms with Gasteiger partial charge in [0.1, 0.15) is 18.2 Å². The van der Waals surface area contributed by atoms with Gasteiger partial charge in [-0.25, -0.2) is 14.2 Å². The van der Waals surface area contributed by atoms with Crippen molar-refractivity contribution in [2.75, 3.05) is 13.7 Å². The van der Waals surface area contributed by atoms with Gasteiger partial charge in [-0.3, -0.25) is 9.36 Å². The number of aromatic nitrogens is 1. The lowest BCUT2D eigenvalue weighted by molar-refractivity contribution is -0.139. The van der Waals surface area contributed by atoms with Gasteiger partial charge in [0.15, 0.2) is 16.3 Å². The van der Waals surface area contributed by atoms with Gasteiger partial charge in [-0.2, -0.15) is 0 Å². The molecule has 0 radical (unpaired) electrons. The lowest BCUT2D eigenvalue weighted by Crippen LogP contribution is -2.40. The molecule has 1 aliphatic heterocycles. The smallest absolute Gasteiger partial charge is 0.338 e. The van der Waals surface area contributed by atoms with E-state index >= 15 is 0 Å². The minimum atomic E-state index is -0.793. The molecule has 0 spiro atoms. The molecule has 1 atom stereocenters. The molecule has 4 aromatic rings. The van der Waals surface area contributed by atoms with Crippen molar-refractivity contribution < 1.29 is 28.1 Å². The molecule has 0 unspecified atom stereocenters. The molecule has 1 aliphatic rings. The van der Waals surface area contributed by atoms with Gasteiger partial charge in [-0.15, -0.1) is 0 Å². The van der Waals surface area contributed by atoms with Crippen molar-refractivity contribution in [1.82, 2.24) is 4.57 Å². The molecule has 0 amide bonds. The molecule has 1 aromatic heterocycles. The van der Waals surface area contributed by atoms with Gasteiger partial charge in [0.05, 0.1) is 46.1 Å². The second kappa shape index (κ2) is 13.8. The largest absolute Gasteiger partial charge is 0.493 e. The zero-order valence-corrected chi connectivity index (χ0v) is 27.8. The Morgan fingerprint density at radius 1 is 1.09 bits per heavy atom. The fraction of sp³-hybridized carbons (Fsp3) is 0.265. The van der Waals surface area contributed by atoms with Crippen LogP contribution in [0.4, 0.5) is 4.39 Å². The number of benzene rings is 3. The molecule has 45 heavy (non-hydrogen) atoms. The van der Waals surface area contributed by atoms with Gasteiger partial charge in [0, 0.05) is 0 Å². The maximum absolute atomic E-state index is 14.0. The third kappa shape index (κ3) is 7.04. The summed E-state index contributed by atoms with van der Waals surface area (Å²) in [5.41, 5.74) is 2.70. The minimum Gasteiger partial charge on any atom is -0.493 e.